The second-order valence-electron chi connectivity index (χ2n) is 8.59. The van der Waals surface area contributed by atoms with Crippen molar-refractivity contribution in [3.8, 4) is 0 Å². The molecule has 1 aliphatic rings. The van der Waals surface area contributed by atoms with Crippen LogP contribution in [0.3, 0.4) is 0 Å². The number of carboxylic acid groups (broad SMARTS) is 1. The van der Waals surface area contributed by atoms with Crippen LogP contribution in [0.1, 0.15) is 54.0 Å². The molecule has 1 aliphatic heterocycles. The summed E-state index contributed by atoms with van der Waals surface area (Å²) < 4.78 is 26.5. The van der Waals surface area contributed by atoms with Gasteiger partial charge in [0.05, 0.1) is 17.7 Å². The third-order valence-corrected chi connectivity index (χ3v) is 5.39. The Balaban J connectivity index is 2.34. The average molecular weight is 386 g/mol. The lowest BCUT2D eigenvalue weighted by atomic mass is 9.78. The van der Waals surface area contributed by atoms with Crippen molar-refractivity contribution in [2.24, 2.45) is 0 Å². The van der Waals surface area contributed by atoms with Crippen molar-refractivity contribution in [1.82, 2.24) is 4.90 Å². The molecule has 1 saturated heterocycles. The molecule has 0 spiro atoms. The Labute approximate surface area is 159 Å². The Morgan fingerprint density at radius 3 is 2.15 bits per heavy atom. The molecule has 1 amide bonds. The van der Waals surface area contributed by atoms with Gasteiger partial charge in [0.25, 0.3) is 0 Å². The van der Waals surface area contributed by atoms with Gasteiger partial charge in [0.15, 0.2) is 0 Å². The van der Waals surface area contributed by atoms with E-state index in [1.807, 2.05) is 27.7 Å². The molecule has 2 rings (SSSR count). The highest BCUT2D eigenvalue weighted by Gasteiger charge is 2.52. The minimum Gasteiger partial charge on any atom is -0.465 e. The van der Waals surface area contributed by atoms with Crippen molar-refractivity contribution >= 4 is 30.3 Å². The molecule has 5 nitrogen and oxygen atoms in total. The van der Waals surface area contributed by atoms with E-state index < -0.39 is 35.8 Å². The van der Waals surface area contributed by atoms with Crippen LogP contribution in [0.2, 0.25) is 5.02 Å². The number of nitrogens with zero attached hydrogens (tertiary/aromatic N) is 1. The number of rotatable bonds is 3. The zero-order valence-corrected chi connectivity index (χ0v) is 17.1. The van der Waals surface area contributed by atoms with Gasteiger partial charge >= 0.3 is 13.2 Å². The summed E-state index contributed by atoms with van der Waals surface area (Å²) >= 11 is 6.32. The van der Waals surface area contributed by atoms with Crippen LogP contribution < -0.4 is 5.46 Å². The van der Waals surface area contributed by atoms with E-state index in [9.17, 15) is 14.3 Å². The van der Waals surface area contributed by atoms with Crippen LogP contribution in [0.4, 0.5) is 9.18 Å². The van der Waals surface area contributed by atoms with Crippen LogP contribution in [-0.2, 0) is 15.9 Å². The van der Waals surface area contributed by atoms with E-state index in [1.54, 1.807) is 20.8 Å². The molecule has 0 radical (unpaired) electrons. The third-order valence-electron chi connectivity index (χ3n) is 5.04. The molecule has 1 aromatic rings. The number of amides is 1. The van der Waals surface area contributed by atoms with Gasteiger partial charge < -0.3 is 14.4 Å². The molecule has 0 unspecified atom stereocenters. The minimum absolute atomic E-state index is 0.0156. The van der Waals surface area contributed by atoms with Gasteiger partial charge in [0.2, 0.25) is 0 Å². The predicted octanol–water partition coefficient (Wildman–Crippen LogP) is 4.06. The molecular formula is C18H26BClFNO4. The maximum atomic E-state index is 14.7. The number of hydrogen-bond acceptors (Lipinski definition) is 3. The van der Waals surface area contributed by atoms with Crippen LogP contribution in [0.5, 0.6) is 0 Å². The topological polar surface area (TPSA) is 59.0 Å². The summed E-state index contributed by atoms with van der Waals surface area (Å²) in [5.74, 6) is -0.540. The second-order valence-corrected chi connectivity index (χ2v) is 9.00. The van der Waals surface area contributed by atoms with E-state index in [0.29, 0.717) is 5.56 Å². The highest BCUT2D eigenvalue weighted by atomic mass is 35.5. The molecule has 0 aromatic heterocycles. The lowest BCUT2D eigenvalue weighted by Gasteiger charge is -2.33. The van der Waals surface area contributed by atoms with E-state index in [2.05, 4.69) is 0 Å². The number of hydrogen-bond donors (Lipinski definition) is 1. The third kappa shape index (κ3) is 4.00. The Hall–Kier alpha value is -1.31. The molecule has 0 saturated carbocycles. The number of halogens is 2. The highest BCUT2D eigenvalue weighted by molar-refractivity contribution is 6.62. The van der Waals surface area contributed by atoms with E-state index >= 15 is 0 Å². The molecule has 1 aromatic carbocycles. The fraction of sp³-hybridized carbons (Fsp3) is 0.611. The van der Waals surface area contributed by atoms with Crippen molar-refractivity contribution in [3.05, 3.63) is 28.5 Å². The van der Waals surface area contributed by atoms with E-state index in [1.165, 1.54) is 17.0 Å². The monoisotopic (exact) mass is 385 g/mol. The summed E-state index contributed by atoms with van der Waals surface area (Å²) in [7, 11) is -0.871. The molecule has 0 atom stereocenters. The second kappa shape index (κ2) is 6.70. The fourth-order valence-corrected chi connectivity index (χ4v) is 2.87. The highest BCUT2D eigenvalue weighted by Crippen LogP contribution is 2.37. The lowest BCUT2D eigenvalue weighted by molar-refractivity contribution is 0.00578. The quantitative estimate of drug-likeness (QED) is 0.797. The zero-order chi connectivity index (χ0) is 20.1. The Bertz CT molecular complexity index is 702. The van der Waals surface area contributed by atoms with Crippen molar-refractivity contribution in [2.45, 2.75) is 71.8 Å². The average Bonchev–Trinajstić information content (AvgIpc) is 2.65. The predicted molar refractivity (Wildman–Crippen MR) is 100 cm³/mol. The zero-order valence-electron chi connectivity index (χ0n) is 16.3. The largest absolute Gasteiger partial charge is 0.497 e. The smallest absolute Gasteiger partial charge is 0.465 e. The van der Waals surface area contributed by atoms with E-state index in [4.69, 9.17) is 20.9 Å². The van der Waals surface area contributed by atoms with Crippen molar-refractivity contribution in [2.75, 3.05) is 0 Å². The van der Waals surface area contributed by atoms with Crippen LogP contribution in [-0.4, -0.2) is 40.0 Å². The maximum absolute atomic E-state index is 14.7. The molecule has 0 aliphatic carbocycles. The van der Waals surface area contributed by atoms with Crippen molar-refractivity contribution in [1.29, 1.82) is 0 Å². The molecule has 26 heavy (non-hydrogen) atoms. The summed E-state index contributed by atoms with van der Waals surface area (Å²) in [4.78, 5) is 12.7. The Morgan fingerprint density at radius 1 is 1.23 bits per heavy atom. The number of benzene rings is 1. The maximum Gasteiger partial charge on any atom is 0.497 e. The first kappa shape index (κ1) is 21.0. The Morgan fingerprint density at radius 2 is 1.73 bits per heavy atom. The van der Waals surface area contributed by atoms with Gasteiger partial charge in [0.1, 0.15) is 5.82 Å². The van der Waals surface area contributed by atoms with Gasteiger partial charge in [0, 0.05) is 16.0 Å². The molecule has 144 valence electrons. The fourth-order valence-electron chi connectivity index (χ4n) is 2.64. The van der Waals surface area contributed by atoms with Gasteiger partial charge in [-0.15, -0.1) is 0 Å². The van der Waals surface area contributed by atoms with Crippen molar-refractivity contribution in [3.63, 3.8) is 0 Å². The summed E-state index contributed by atoms with van der Waals surface area (Å²) in [6, 6.07) is 2.71. The molecular weight excluding hydrogens is 359 g/mol. The first-order valence-electron chi connectivity index (χ1n) is 8.50. The van der Waals surface area contributed by atoms with Gasteiger partial charge in [-0.2, -0.15) is 0 Å². The summed E-state index contributed by atoms with van der Waals surface area (Å²) in [6.45, 7) is 12.8. The minimum atomic E-state index is -1.09. The Kier molecular flexibility index (Phi) is 5.41. The SMILES string of the molecule is CC(C)(C)N(Cc1cc(F)c(B2OC(C)(C)C(C)(C)O2)cc1Cl)C(=O)O. The van der Waals surface area contributed by atoms with Crippen LogP contribution in [0.15, 0.2) is 12.1 Å². The summed E-state index contributed by atoms with van der Waals surface area (Å²) in [6.07, 6.45) is -1.09. The van der Waals surface area contributed by atoms with E-state index in [-0.39, 0.29) is 17.0 Å². The van der Waals surface area contributed by atoms with Gasteiger partial charge in [-0.05, 0) is 66.2 Å². The number of carbonyl (C=O) groups is 1. The van der Waals surface area contributed by atoms with Crippen LogP contribution in [0.25, 0.3) is 0 Å². The molecule has 1 N–H and O–H groups in total. The first-order valence-corrected chi connectivity index (χ1v) is 8.87. The van der Waals surface area contributed by atoms with Gasteiger partial charge in [-0.1, -0.05) is 11.6 Å². The molecule has 1 fully saturated rings. The lowest BCUT2D eigenvalue weighted by Crippen LogP contribution is -2.44. The summed E-state index contributed by atoms with van der Waals surface area (Å²) in [5, 5.41) is 9.69. The van der Waals surface area contributed by atoms with E-state index in [0.717, 1.165) is 0 Å². The van der Waals surface area contributed by atoms with Crippen LogP contribution >= 0.6 is 11.6 Å². The standard InChI is InChI=1S/C18H26BClFNO4/c1-16(2,3)22(15(23)24)10-11-8-14(21)12(9-13(11)20)19-25-17(4,5)18(6,7)26-19/h8-9H,10H2,1-7H3,(H,23,24). The van der Waals surface area contributed by atoms with Gasteiger partial charge in [-0.3, -0.25) is 4.90 Å². The molecule has 1 heterocycles. The summed E-state index contributed by atoms with van der Waals surface area (Å²) in [5.41, 5.74) is -1.24. The first-order chi connectivity index (χ1) is 11.7. The molecule has 8 heteroatoms. The molecule has 0 bridgehead atoms. The van der Waals surface area contributed by atoms with Crippen molar-refractivity contribution < 1.29 is 23.6 Å². The van der Waals surface area contributed by atoms with Gasteiger partial charge in [-0.25, -0.2) is 9.18 Å². The van der Waals surface area contributed by atoms with Crippen LogP contribution in [0, 0.1) is 5.82 Å². The normalized spacial score (nSPS) is 18.9.